The molecule has 0 bridgehead atoms. The zero-order valence-corrected chi connectivity index (χ0v) is 20.1. The van der Waals surface area contributed by atoms with Gasteiger partial charge in [-0.1, -0.05) is 36.4 Å². The summed E-state index contributed by atoms with van der Waals surface area (Å²) < 4.78 is 41.9. The topological polar surface area (TPSA) is 69.7 Å². The third-order valence-electron chi connectivity index (χ3n) is 5.86. The van der Waals surface area contributed by atoms with Gasteiger partial charge < -0.3 is 10.2 Å². The Labute approximate surface area is 197 Å². The standard InChI is InChI=1S/C24H26FN3O3S2/c1-27(2)21(18-8-5-9-20(25)14-18)15-26-24(29)23-22(11-13-32-23)33(30,31)28-12-10-17-6-3-4-7-19(17)16-28/h3-9,11,13-14,21H,10,12,15-16H2,1-2H3,(H,26,29). The lowest BCUT2D eigenvalue weighted by molar-refractivity contribution is 0.0943. The number of halogens is 1. The minimum absolute atomic E-state index is 0.0246. The minimum Gasteiger partial charge on any atom is -0.349 e. The number of rotatable bonds is 7. The Hall–Kier alpha value is -2.59. The summed E-state index contributed by atoms with van der Waals surface area (Å²) in [7, 11) is -0.138. The maximum atomic E-state index is 13.7. The predicted octanol–water partition coefficient (Wildman–Crippen LogP) is 3.67. The van der Waals surface area contributed by atoms with E-state index in [9.17, 15) is 17.6 Å². The summed E-state index contributed by atoms with van der Waals surface area (Å²) in [5, 5.41) is 4.46. The molecule has 6 nitrogen and oxygen atoms in total. The van der Waals surface area contributed by atoms with Gasteiger partial charge in [-0.3, -0.25) is 4.79 Å². The molecule has 4 rings (SSSR count). The molecular weight excluding hydrogens is 461 g/mol. The molecule has 0 fully saturated rings. The second-order valence-corrected chi connectivity index (χ2v) is 11.0. The van der Waals surface area contributed by atoms with Crippen molar-refractivity contribution in [1.82, 2.24) is 14.5 Å². The largest absolute Gasteiger partial charge is 0.349 e. The first kappa shape index (κ1) is 23.6. The number of hydrogen-bond donors (Lipinski definition) is 1. The van der Waals surface area contributed by atoms with E-state index in [1.54, 1.807) is 17.5 Å². The zero-order chi connectivity index (χ0) is 23.6. The minimum atomic E-state index is -3.83. The molecule has 33 heavy (non-hydrogen) atoms. The number of amides is 1. The molecule has 1 amide bonds. The van der Waals surface area contributed by atoms with Crippen molar-refractivity contribution in [3.05, 3.63) is 87.4 Å². The molecule has 0 spiro atoms. The van der Waals surface area contributed by atoms with E-state index in [-0.39, 0.29) is 34.7 Å². The Morgan fingerprint density at radius 2 is 1.91 bits per heavy atom. The first-order valence-electron chi connectivity index (χ1n) is 10.6. The van der Waals surface area contributed by atoms with Gasteiger partial charge in [-0.05, 0) is 60.8 Å². The van der Waals surface area contributed by atoms with E-state index in [0.29, 0.717) is 13.0 Å². The Morgan fingerprint density at radius 3 is 2.64 bits per heavy atom. The number of thiophene rings is 1. The number of carbonyl (C=O) groups is 1. The Kier molecular flexibility index (Phi) is 6.94. The van der Waals surface area contributed by atoms with Crippen molar-refractivity contribution in [2.45, 2.75) is 23.9 Å². The number of nitrogens with one attached hydrogen (secondary N) is 1. The van der Waals surface area contributed by atoms with Crippen molar-refractivity contribution in [1.29, 1.82) is 0 Å². The lowest BCUT2D eigenvalue weighted by atomic mass is 10.0. The molecular formula is C24H26FN3O3S2. The summed E-state index contributed by atoms with van der Waals surface area (Å²) in [6.45, 7) is 0.875. The summed E-state index contributed by atoms with van der Waals surface area (Å²) in [6, 6.07) is 15.3. The fourth-order valence-electron chi connectivity index (χ4n) is 4.06. The second-order valence-electron chi connectivity index (χ2n) is 8.22. The Balaban J connectivity index is 1.51. The highest BCUT2D eigenvalue weighted by molar-refractivity contribution is 7.89. The van der Waals surface area contributed by atoms with Crippen LogP contribution in [0.25, 0.3) is 0 Å². The molecule has 174 valence electrons. The fraction of sp³-hybridized carbons (Fsp3) is 0.292. The molecule has 1 N–H and O–H groups in total. The summed E-state index contributed by atoms with van der Waals surface area (Å²) >= 11 is 1.10. The summed E-state index contributed by atoms with van der Waals surface area (Å²) in [4.78, 5) is 15.1. The molecule has 1 unspecified atom stereocenters. The van der Waals surface area contributed by atoms with Crippen molar-refractivity contribution in [3.8, 4) is 0 Å². The average molecular weight is 488 g/mol. The van der Waals surface area contributed by atoms with Crippen LogP contribution in [0.4, 0.5) is 4.39 Å². The van der Waals surface area contributed by atoms with Gasteiger partial charge in [0, 0.05) is 19.6 Å². The highest BCUT2D eigenvalue weighted by Gasteiger charge is 2.32. The average Bonchev–Trinajstić information content (AvgIpc) is 3.30. The Morgan fingerprint density at radius 1 is 1.15 bits per heavy atom. The van der Waals surface area contributed by atoms with Gasteiger partial charge in [0.25, 0.3) is 5.91 Å². The number of carbonyl (C=O) groups excluding carboxylic acids is 1. The molecule has 1 aromatic heterocycles. The van der Waals surface area contributed by atoms with Gasteiger partial charge in [-0.15, -0.1) is 11.3 Å². The summed E-state index contributed by atoms with van der Waals surface area (Å²) in [5.41, 5.74) is 2.86. The molecule has 2 heterocycles. The van der Waals surface area contributed by atoms with Crippen LogP contribution in [0, 0.1) is 5.82 Å². The highest BCUT2D eigenvalue weighted by Crippen LogP contribution is 2.29. The van der Waals surface area contributed by atoms with E-state index < -0.39 is 15.9 Å². The molecule has 1 aliphatic heterocycles. The highest BCUT2D eigenvalue weighted by atomic mass is 32.2. The molecule has 1 atom stereocenters. The summed E-state index contributed by atoms with van der Waals surface area (Å²) in [5.74, 6) is -0.801. The van der Waals surface area contributed by atoms with E-state index in [1.807, 2.05) is 43.3 Å². The lowest BCUT2D eigenvalue weighted by Gasteiger charge is -2.28. The van der Waals surface area contributed by atoms with Crippen LogP contribution in [-0.4, -0.2) is 50.7 Å². The van der Waals surface area contributed by atoms with Gasteiger partial charge in [0.15, 0.2) is 0 Å². The van der Waals surface area contributed by atoms with Gasteiger partial charge in [0.2, 0.25) is 10.0 Å². The van der Waals surface area contributed by atoms with Crippen LogP contribution < -0.4 is 5.32 Å². The first-order valence-corrected chi connectivity index (χ1v) is 12.9. The molecule has 9 heteroatoms. The van der Waals surface area contributed by atoms with Gasteiger partial charge in [-0.2, -0.15) is 4.31 Å². The van der Waals surface area contributed by atoms with Gasteiger partial charge in [-0.25, -0.2) is 12.8 Å². The lowest BCUT2D eigenvalue weighted by Crippen LogP contribution is -2.37. The number of likely N-dealkylation sites (N-methyl/N-ethyl adjacent to an activating group) is 1. The van der Waals surface area contributed by atoms with Crippen LogP contribution in [0.3, 0.4) is 0 Å². The van der Waals surface area contributed by atoms with Crippen molar-refractivity contribution >= 4 is 27.3 Å². The number of nitrogens with zero attached hydrogens (tertiary/aromatic N) is 2. The van der Waals surface area contributed by atoms with E-state index in [0.717, 1.165) is 28.0 Å². The predicted molar refractivity (Wildman–Crippen MR) is 127 cm³/mol. The van der Waals surface area contributed by atoms with E-state index in [2.05, 4.69) is 5.32 Å². The van der Waals surface area contributed by atoms with Crippen molar-refractivity contribution < 1.29 is 17.6 Å². The maximum absolute atomic E-state index is 13.7. The smallest absolute Gasteiger partial charge is 0.262 e. The fourth-order valence-corrected chi connectivity index (χ4v) is 6.80. The van der Waals surface area contributed by atoms with Crippen LogP contribution >= 0.6 is 11.3 Å². The second kappa shape index (κ2) is 9.72. The van der Waals surface area contributed by atoms with Gasteiger partial charge in [0.05, 0.1) is 6.04 Å². The SMILES string of the molecule is CN(C)C(CNC(=O)c1sccc1S(=O)(=O)N1CCc2ccccc2C1)c1cccc(F)c1. The van der Waals surface area contributed by atoms with Crippen molar-refractivity contribution in [2.75, 3.05) is 27.2 Å². The Bertz CT molecular complexity index is 1260. The van der Waals surface area contributed by atoms with Gasteiger partial charge in [0.1, 0.15) is 15.6 Å². The number of sulfonamides is 1. The van der Waals surface area contributed by atoms with E-state index >= 15 is 0 Å². The zero-order valence-electron chi connectivity index (χ0n) is 18.5. The number of hydrogen-bond acceptors (Lipinski definition) is 5. The molecule has 1 aliphatic rings. The van der Waals surface area contributed by atoms with Crippen molar-refractivity contribution in [2.24, 2.45) is 0 Å². The van der Waals surface area contributed by atoms with Crippen LogP contribution in [0.15, 0.2) is 64.9 Å². The molecule has 2 aromatic carbocycles. The quantitative estimate of drug-likeness (QED) is 0.552. The molecule has 0 saturated carbocycles. The maximum Gasteiger partial charge on any atom is 0.262 e. The molecule has 3 aromatic rings. The van der Waals surface area contributed by atoms with E-state index in [1.165, 1.54) is 22.5 Å². The number of fused-ring (bicyclic) bond motifs is 1. The molecule has 0 aliphatic carbocycles. The summed E-state index contributed by atoms with van der Waals surface area (Å²) in [6.07, 6.45) is 0.638. The first-order chi connectivity index (χ1) is 15.8. The molecule has 0 radical (unpaired) electrons. The van der Waals surface area contributed by atoms with Crippen molar-refractivity contribution in [3.63, 3.8) is 0 Å². The number of benzene rings is 2. The van der Waals surface area contributed by atoms with Crippen LogP contribution in [-0.2, 0) is 23.0 Å². The third kappa shape index (κ3) is 5.01. The van der Waals surface area contributed by atoms with Crippen LogP contribution in [0.2, 0.25) is 0 Å². The van der Waals surface area contributed by atoms with Crippen LogP contribution in [0.1, 0.15) is 32.4 Å². The normalized spacial score (nSPS) is 15.3. The third-order valence-corrected chi connectivity index (χ3v) is 8.79. The van der Waals surface area contributed by atoms with E-state index in [4.69, 9.17) is 0 Å². The monoisotopic (exact) mass is 487 g/mol. The van der Waals surface area contributed by atoms with Gasteiger partial charge >= 0.3 is 0 Å². The van der Waals surface area contributed by atoms with Crippen LogP contribution in [0.5, 0.6) is 0 Å². The molecule has 0 saturated heterocycles.